The largest absolute Gasteiger partial charge is 0.494 e. The Morgan fingerprint density at radius 1 is 1.43 bits per heavy atom. The minimum Gasteiger partial charge on any atom is -0.494 e. The van der Waals surface area contributed by atoms with E-state index in [-0.39, 0.29) is 11.7 Å². The summed E-state index contributed by atoms with van der Waals surface area (Å²) < 4.78 is 19.5. The zero-order valence-electron chi connectivity index (χ0n) is 11.7. The van der Waals surface area contributed by atoms with Gasteiger partial charge in [-0.2, -0.15) is 0 Å². The predicted octanol–water partition coefficient (Wildman–Crippen LogP) is 4.32. The van der Waals surface area contributed by atoms with Crippen LogP contribution in [0.25, 0.3) is 0 Å². The second kappa shape index (κ2) is 7.04. The number of benzene rings is 1. The normalized spacial score (nSPS) is 10.5. The van der Waals surface area contributed by atoms with Crippen molar-refractivity contribution in [2.24, 2.45) is 0 Å². The Hall–Kier alpha value is -1.40. The van der Waals surface area contributed by atoms with E-state index in [9.17, 15) is 9.18 Å². The number of methoxy groups -OCH3 is 1. The predicted molar refractivity (Wildman–Crippen MR) is 85.4 cm³/mol. The number of amides is 1. The summed E-state index contributed by atoms with van der Waals surface area (Å²) in [6, 6.07) is 6.54. The minimum atomic E-state index is -0.420. The molecular weight excluding hydrogens is 357 g/mol. The molecule has 6 heteroatoms. The van der Waals surface area contributed by atoms with E-state index in [1.807, 2.05) is 12.3 Å². The van der Waals surface area contributed by atoms with Crippen LogP contribution in [0.2, 0.25) is 0 Å². The Morgan fingerprint density at radius 3 is 2.71 bits per heavy atom. The van der Waals surface area contributed by atoms with E-state index in [2.05, 4.69) is 15.9 Å². The summed E-state index contributed by atoms with van der Waals surface area (Å²) in [4.78, 5) is 14.1. The molecule has 0 atom stereocenters. The third-order valence-corrected chi connectivity index (χ3v) is 4.58. The average molecular weight is 372 g/mol. The van der Waals surface area contributed by atoms with Gasteiger partial charge in [-0.25, -0.2) is 4.39 Å². The molecule has 0 N–H and O–H groups in total. The zero-order valence-corrected chi connectivity index (χ0v) is 14.1. The summed E-state index contributed by atoms with van der Waals surface area (Å²) in [6.07, 6.45) is 0. The first-order valence-electron chi connectivity index (χ1n) is 6.41. The Balaban J connectivity index is 2.15. The van der Waals surface area contributed by atoms with Crippen LogP contribution in [0.5, 0.6) is 5.75 Å². The van der Waals surface area contributed by atoms with Gasteiger partial charge in [0.2, 0.25) is 0 Å². The Kier molecular flexibility index (Phi) is 5.36. The van der Waals surface area contributed by atoms with Crippen LogP contribution < -0.4 is 4.74 Å². The highest BCUT2D eigenvalue weighted by molar-refractivity contribution is 9.11. The minimum absolute atomic E-state index is 0.0596. The van der Waals surface area contributed by atoms with Crippen LogP contribution >= 0.6 is 27.3 Å². The van der Waals surface area contributed by atoms with Crippen molar-refractivity contribution in [3.63, 3.8) is 0 Å². The van der Waals surface area contributed by atoms with Gasteiger partial charge in [0.25, 0.3) is 5.91 Å². The van der Waals surface area contributed by atoms with Gasteiger partial charge in [-0.3, -0.25) is 4.79 Å². The van der Waals surface area contributed by atoms with Crippen molar-refractivity contribution >= 4 is 33.2 Å². The van der Waals surface area contributed by atoms with Crippen LogP contribution in [0.3, 0.4) is 0 Å². The quantitative estimate of drug-likeness (QED) is 0.782. The maximum atomic E-state index is 13.7. The molecule has 0 aliphatic rings. The topological polar surface area (TPSA) is 29.5 Å². The third kappa shape index (κ3) is 3.83. The molecule has 0 saturated heterocycles. The van der Waals surface area contributed by atoms with Crippen LogP contribution in [0.4, 0.5) is 4.39 Å². The first-order valence-corrected chi connectivity index (χ1v) is 8.08. The van der Waals surface area contributed by atoms with Crippen molar-refractivity contribution in [1.82, 2.24) is 4.90 Å². The number of hydrogen-bond acceptors (Lipinski definition) is 3. The molecule has 0 spiro atoms. The monoisotopic (exact) mass is 371 g/mol. The van der Waals surface area contributed by atoms with Crippen LogP contribution in [-0.2, 0) is 6.54 Å². The molecule has 0 aliphatic carbocycles. The number of ether oxygens (including phenoxy) is 1. The van der Waals surface area contributed by atoms with E-state index < -0.39 is 5.82 Å². The van der Waals surface area contributed by atoms with Crippen LogP contribution in [0.1, 0.15) is 22.8 Å². The van der Waals surface area contributed by atoms with Crippen molar-refractivity contribution in [3.8, 4) is 5.75 Å². The Bertz CT molecular complexity index is 644. The van der Waals surface area contributed by atoms with Crippen LogP contribution in [-0.4, -0.2) is 24.5 Å². The van der Waals surface area contributed by atoms with Gasteiger partial charge in [-0.15, -0.1) is 11.3 Å². The van der Waals surface area contributed by atoms with Crippen molar-refractivity contribution in [3.05, 3.63) is 50.4 Å². The molecule has 0 fully saturated rings. The van der Waals surface area contributed by atoms with Gasteiger partial charge < -0.3 is 9.64 Å². The fourth-order valence-electron chi connectivity index (χ4n) is 1.96. The van der Waals surface area contributed by atoms with E-state index >= 15 is 0 Å². The molecule has 112 valence electrons. The average Bonchev–Trinajstić information content (AvgIpc) is 2.91. The van der Waals surface area contributed by atoms with Gasteiger partial charge in [0.05, 0.1) is 16.5 Å². The molecule has 0 aliphatic heterocycles. The SMILES string of the molecule is CCN(Cc1ccc(OC)c(F)c1)C(=O)c1csc(Br)c1. The smallest absolute Gasteiger partial charge is 0.255 e. The standard InChI is InChI=1S/C15H15BrFNO2S/c1-3-18(15(19)11-7-14(16)21-9-11)8-10-4-5-13(20-2)12(17)6-10/h4-7,9H,3,8H2,1-2H3. The van der Waals surface area contributed by atoms with E-state index in [0.29, 0.717) is 18.7 Å². The van der Waals surface area contributed by atoms with Crippen LogP contribution in [0.15, 0.2) is 33.4 Å². The lowest BCUT2D eigenvalue weighted by molar-refractivity contribution is 0.0753. The Labute approximate surface area is 135 Å². The number of hydrogen-bond donors (Lipinski definition) is 0. The third-order valence-electron chi connectivity index (χ3n) is 3.07. The van der Waals surface area contributed by atoms with E-state index in [1.165, 1.54) is 24.5 Å². The highest BCUT2D eigenvalue weighted by Crippen LogP contribution is 2.23. The van der Waals surface area contributed by atoms with Crippen molar-refractivity contribution in [2.75, 3.05) is 13.7 Å². The number of carbonyl (C=O) groups excluding carboxylic acids is 1. The molecule has 0 radical (unpaired) electrons. The van der Waals surface area contributed by atoms with Gasteiger partial charge in [0.1, 0.15) is 0 Å². The Morgan fingerprint density at radius 2 is 2.19 bits per heavy atom. The van der Waals surface area contributed by atoms with Gasteiger partial charge in [0.15, 0.2) is 11.6 Å². The van der Waals surface area contributed by atoms with Crippen LogP contribution in [0, 0.1) is 5.82 Å². The zero-order chi connectivity index (χ0) is 15.4. The summed E-state index contributed by atoms with van der Waals surface area (Å²) in [5, 5.41) is 1.81. The second-order valence-electron chi connectivity index (χ2n) is 4.43. The van der Waals surface area contributed by atoms with Gasteiger partial charge in [-0.1, -0.05) is 6.07 Å². The number of nitrogens with zero attached hydrogens (tertiary/aromatic N) is 1. The lowest BCUT2D eigenvalue weighted by atomic mass is 10.2. The number of thiophene rings is 1. The molecule has 1 aromatic heterocycles. The van der Waals surface area contributed by atoms with E-state index in [1.54, 1.807) is 23.1 Å². The fourth-order valence-corrected chi connectivity index (χ4v) is 3.09. The lowest BCUT2D eigenvalue weighted by Crippen LogP contribution is -2.30. The second-order valence-corrected chi connectivity index (χ2v) is 6.72. The molecular formula is C15H15BrFNO2S. The van der Waals surface area contributed by atoms with Gasteiger partial charge >= 0.3 is 0 Å². The molecule has 2 rings (SSSR count). The summed E-state index contributed by atoms with van der Waals surface area (Å²) in [7, 11) is 1.42. The molecule has 1 heterocycles. The maximum Gasteiger partial charge on any atom is 0.255 e. The van der Waals surface area contributed by atoms with E-state index in [4.69, 9.17) is 4.74 Å². The molecule has 0 unspecified atom stereocenters. The van der Waals surface area contributed by atoms with Crippen molar-refractivity contribution in [1.29, 1.82) is 0 Å². The molecule has 2 aromatic rings. The molecule has 21 heavy (non-hydrogen) atoms. The summed E-state index contributed by atoms with van der Waals surface area (Å²) in [6.45, 7) is 2.82. The molecule has 1 amide bonds. The summed E-state index contributed by atoms with van der Waals surface area (Å²) in [5.74, 6) is -0.276. The first-order chi connectivity index (χ1) is 10.0. The van der Waals surface area contributed by atoms with E-state index in [0.717, 1.165) is 9.35 Å². The fraction of sp³-hybridized carbons (Fsp3) is 0.267. The maximum absolute atomic E-state index is 13.7. The summed E-state index contributed by atoms with van der Waals surface area (Å²) in [5.41, 5.74) is 1.38. The summed E-state index contributed by atoms with van der Waals surface area (Å²) >= 11 is 4.81. The van der Waals surface area contributed by atoms with Gasteiger partial charge in [-0.05, 0) is 46.6 Å². The highest BCUT2D eigenvalue weighted by Gasteiger charge is 2.16. The van der Waals surface area contributed by atoms with Crippen molar-refractivity contribution in [2.45, 2.75) is 13.5 Å². The molecule has 0 saturated carbocycles. The number of halogens is 2. The highest BCUT2D eigenvalue weighted by atomic mass is 79.9. The molecule has 3 nitrogen and oxygen atoms in total. The lowest BCUT2D eigenvalue weighted by Gasteiger charge is -2.20. The molecule has 0 bridgehead atoms. The molecule has 1 aromatic carbocycles. The first kappa shape index (κ1) is 16.0. The number of carbonyl (C=O) groups is 1. The van der Waals surface area contributed by atoms with Crippen molar-refractivity contribution < 1.29 is 13.9 Å². The van der Waals surface area contributed by atoms with Gasteiger partial charge in [0, 0.05) is 18.5 Å². The number of rotatable bonds is 5.